The molecule has 2 amide bonds. The maximum absolute atomic E-state index is 12.8. The smallest absolute Gasteiger partial charge is 0.355 e. The van der Waals surface area contributed by atoms with Gasteiger partial charge in [0.2, 0.25) is 11.9 Å². The van der Waals surface area contributed by atoms with Gasteiger partial charge in [0, 0.05) is 12.6 Å². The Morgan fingerprint density at radius 3 is 2.17 bits per heavy atom. The fourth-order valence-electron chi connectivity index (χ4n) is 2.86. The van der Waals surface area contributed by atoms with E-state index in [0.717, 1.165) is 36.4 Å². The summed E-state index contributed by atoms with van der Waals surface area (Å²) in [6, 6.07) is 5.43. The number of carbonyl (C=O) groups is 3. The van der Waals surface area contributed by atoms with E-state index in [1.807, 2.05) is 0 Å². The first kappa shape index (κ1) is 25.6. The Balaban J connectivity index is 1.98. The van der Waals surface area contributed by atoms with E-state index in [0.29, 0.717) is 5.01 Å². The lowest BCUT2D eigenvalue weighted by Gasteiger charge is -2.12. The van der Waals surface area contributed by atoms with Crippen LogP contribution >= 0.6 is 0 Å². The van der Waals surface area contributed by atoms with Gasteiger partial charge >= 0.3 is 5.97 Å². The number of anilines is 2. The van der Waals surface area contributed by atoms with Crippen LogP contribution in [0.15, 0.2) is 67.6 Å². The fourth-order valence-corrected chi connectivity index (χ4v) is 3.99. The zero-order chi connectivity index (χ0) is 26.1. The number of hydrogen-bond acceptors (Lipinski definition) is 10. The predicted molar refractivity (Wildman–Crippen MR) is 118 cm³/mol. The van der Waals surface area contributed by atoms with Crippen LogP contribution in [0.5, 0.6) is 0 Å². The Morgan fingerprint density at radius 2 is 1.66 bits per heavy atom. The van der Waals surface area contributed by atoms with Gasteiger partial charge in [0.05, 0.1) is 10.6 Å². The van der Waals surface area contributed by atoms with Crippen molar-refractivity contribution in [3.8, 4) is 0 Å². The van der Waals surface area contributed by atoms with Crippen LogP contribution in [-0.2, 0) is 34.6 Å². The molecule has 15 nitrogen and oxygen atoms in total. The normalized spacial score (nSPS) is 16.4. The number of hydrazone groups is 1. The molecule has 0 radical (unpaired) electrons. The molecule has 0 fully saturated rings. The highest BCUT2D eigenvalue weighted by Gasteiger charge is 2.41. The van der Waals surface area contributed by atoms with Crippen LogP contribution in [-0.4, -0.2) is 60.6 Å². The lowest BCUT2D eigenvalue weighted by molar-refractivity contribution is -0.130. The van der Waals surface area contributed by atoms with E-state index < -0.39 is 65.3 Å². The topological polar surface area (TPSA) is 233 Å². The SMILES string of the molecule is CC(=O)Nc1ccc(N=NC2C(=O)N(c3ccc(S(=O)(=O)O)cc3)N=C2C(=O)O)c(S(=O)(=O)O)c1. The molecule has 0 aliphatic carbocycles. The van der Waals surface area contributed by atoms with Gasteiger partial charge in [-0.25, -0.2) is 4.79 Å². The van der Waals surface area contributed by atoms with Crippen molar-refractivity contribution >= 4 is 60.8 Å². The number of rotatable bonds is 7. The number of aliphatic carboxylic acids is 1. The Hall–Kier alpha value is -4.06. The predicted octanol–water partition coefficient (Wildman–Crippen LogP) is 1.08. The second-order valence-electron chi connectivity index (χ2n) is 6.87. The molecule has 2 aromatic carbocycles. The second-order valence-corrected chi connectivity index (χ2v) is 9.68. The molecule has 0 spiro atoms. The van der Waals surface area contributed by atoms with E-state index in [9.17, 15) is 40.9 Å². The number of nitrogens with one attached hydrogen (secondary N) is 1. The summed E-state index contributed by atoms with van der Waals surface area (Å²) >= 11 is 0. The summed E-state index contributed by atoms with van der Waals surface area (Å²) in [5.41, 5.74) is -1.29. The molecule has 3 rings (SSSR count). The molecule has 4 N–H and O–H groups in total. The Bertz CT molecular complexity index is 1500. The van der Waals surface area contributed by atoms with Crippen molar-refractivity contribution in [2.75, 3.05) is 10.3 Å². The molecule has 184 valence electrons. The molecule has 0 bridgehead atoms. The average Bonchev–Trinajstić information content (AvgIpc) is 3.07. The lowest BCUT2D eigenvalue weighted by atomic mass is 10.2. The molecular weight excluding hydrogens is 510 g/mol. The third-order valence-electron chi connectivity index (χ3n) is 4.35. The zero-order valence-electron chi connectivity index (χ0n) is 17.4. The van der Waals surface area contributed by atoms with Crippen LogP contribution in [0.2, 0.25) is 0 Å². The molecule has 1 aliphatic heterocycles. The molecule has 1 atom stereocenters. The molecule has 17 heteroatoms. The van der Waals surface area contributed by atoms with Crippen molar-refractivity contribution in [2.45, 2.75) is 22.8 Å². The fraction of sp³-hybridized carbons (Fsp3) is 0.111. The Morgan fingerprint density at radius 1 is 1.03 bits per heavy atom. The van der Waals surface area contributed by atoms with Crippen molar-refractivity contribution in [1.82, 2.24) is 0 Å². The van der Waals surface area contributed by atoms with Crippen LogP contribution in [0.4, 0.5) is 17.1 Å². The first-order valence-electron chi connectivity index (χ1n) is 9.22. The number of amides is 2. The van der Waals surface area contributed by atoms with E-state index in [1.54, 1.807) is 0 Å². The van der Waals surface area contributed by atoms with Gasteiger partial charge in [-0.1, -0.05) is 0 Å². The zero-order valence-corrected chi connectivity index (χ0v) is 19.1. The van der Waals surface area contributed by atoms with Crippen molar-refractivity contribution in [2.24, 2.45) is 15.3 Å². The van der Waals surface area contributed by atoms with Gasteiger partial charge in [-0.2, -0.15) is 37.2 Å². The number of hydrogen-bond donors (Lipinski definition) is 4. The van der Waals surface area contributed by atoms with E-state index in [1.165, 1.54) is 13.0 Å². The summed E-state index contributed by atoms with van der Waals surface area (Å²) in [5, 5.41) is 23.2. The van der Waals surface area contributed by atoms with Gasteiger partial charge in [0.15, 0.2) is 5.71 Å². The minimum absolute atomic E-state index is 0.00770. The van der Waals surface area contributed by atoms with E-state index in [2.05, 4.69) is 20.6 Å². The molecule has 0 aromatic heterocycles. The summed E-state index contributed by atoms with van der Waals surface area (Å²) in [5.74, 6) is -3.19. The standard InChI is InChI=1S/C18H15N5O10S2/c1-9(24)19-10-2-7-13(14(8-10)35(31,32)33)20-21-15-16(18(26)27)22-23(17(15)25)11-3-5-12(6-4-11)34(28,29)30/h2-8,15H,1H3,(H,19,24)(H,26,27)(H,28,29,30)(H,31,32,33). The van der Waals surface area contributed by atoms with Crippen LogP contribution in [0.1, 0.15) is 6.92 Å². The van der Waals surface area contributed by atoms with E-state index in [4.69, 9.17) is 4.55 Å². The monoisotopic (exact) mass is 525 g/mol. The highest BCUT2D eigenvalue weighted by Crippen LogP contribution is 2.30. The molecule has 0 saturated heterocycles. The summed E-state index contributed by atoms with van der Waals surface area (Å²) in [4.78, 5) is 34.3. The largest absolute Gasteiger partial charge is 0.477 e. The number of carbonyl (C=O) groups excluding carboxylic acids is 2. The number of benzene rings is 2. The van der Waals surface area contributed by atoms with Crippen LogP contribution in [0.3, 0.4) is 0 Å². The minimum Gasteiger partial charge on any atom is -0.477 e. The summed E-state index contributed by atoms with van der Waals surface area (Å²) < 4.78 is 64.4. The summed E-state index contributed by atoms with van der Waals surface area (Å²) in [6.45, 7) is 1.17. The second kappa shape index (κ2) is 9.29. The lowest BCUT2D eigenvalue weighted by Crippen LogP contribution is -2.33. The number of carboxylic acid groups (broad SMARTS) is 1. The van der Waals surface area contributed by atoms with Gasteiger partial charge in [-0.3, -0.25) is 18.7 Å². The molecule has 1 aliphatic rings. The third-order valence-corrected chi connectivity index (χ3v) is 6.10. The van der Waals surface area contributed by atoms with Gasteiger partial charge in [-0.05, 0) is 42.5 Å². The van der Waals surface area contributed by atoms with Crippen molar-refractivity contribution in [1.29, 1.82) is 0 Å². The summed E-state index contributed by atoms with van der Waals surface area (Å²) in [7, 11) is -9.38. The van der Waals surface area contributed by atoms with Crippen molar-refractivity contribution in [3.05, 3.63) is 42.5 Å². The Kier molecular flexibility index (Phi) is 6.79. The third kappa shape index (κ3) is 5.72. The van der Waals surface area contributed by atoms with Gasteiger partial charge in [0.25, 0.3) is 26.1 Å². The van der Waals surface area contributed by atoms with E-state index in [-0.39, 0.29) is 11.4 Å². The van der Waals surface area contributed by atoms with Gasteiger partial charge in [0.1, 0.15) is 10.6 Å². The van der Waals surface area contributed by atoms with Gasteiger partial charge < -0.3 is 10.4 Å². The maximum atomic E-state index is 12.8. The molecule has 0 saturated carbocycles. The van der Waals surface area contributed by atoms with Crippen molar-refractivity contribution in [3.63, 3.8) is 0 Å². The Labute approximate surface area is 197 Å². The molecule has 35 heavy (non-hydrogen) atoms. The highest BCUT2D eigenvalue weighted by molar-refractivity contribution is 7.86. The van der Waals surface area contributed by atoms with Crippen LogP contribution in [0.25, 0.3) is 0 Å². The quantitative estimate of drug-likeness (QED) is 0.296. The highest BCUT2D eigenvalue weighted by atomic mass is 32.2. The first-order valence-corrected chi connectivity index (χ1v) is 12.1. The first-order chi connectivity index (χ1) is 16.2. The summed E-state index contributed by atoms with van der Waals surface area (Å²) in [6.07, 6.45) is 0. The van der Waals surface area contributed by atoms with E-state index >= 15 is 0 Å². The number of carboxylic acids is 1. The van der Waals surface area contributed by atoms with Gasteiger partial charge in [-0.15, -0.1) is 0 Å². The maximum Gasteiger partial charge on any atom is 0.355 e. The molecular formula is C18H15N5O10S2. The van der Waals surface area contributed by atoms with Crippen molar-refractivity contribution < 1.29 is 45.4 Å². The molecule has 1 heterocycles. The van der Waals surface area contributed by atoms with Crippen LogP contribution < -0.4 is 10.3 Å². The average molecular weight is 525 g/mol. The molecule has 1 unspecified atom stereocenters. The minimum atomic E-state index is -4.87. The number of nitrogens with zero attached hydrogens (tertiary/aromatic N) is 4. The molecule has 2 aromatic rings. The number of azo groups is 1. The van der Waals surface area contributed by atoms with Crippen LogP contribution in [0, 0.1) is 0 Å².